The standard InChI is InChI=1S/C27H38N2O3/c1-8-23(25(31)28-27(5,6)7)29(18-20-12-10-9-11-13-20)24(30)19-32-22-16-14-21(15-17-22)26(2,3)4/h9-17,23H,8,18-19H2,1-7H3,(H,28,31)/t23-/m1/s1. The summed E-state index contributed by atoms with van der Waals surface area (Å²) in [7, 11) is 0. The van der Waals surface area contributed by atoms with E-state index in [0.717, 1.165) is 5.56 Å². The lowest BCUT2D eigenvalue weighted by molar-refractivity contribution is -0.143. The summed E-state index contributed by atoms with van der Waals surface area (Å²) >= 11 is 0. The first kappa shape index (κ1) is 25.4. The first-order chi connectivity index (χ1) is 14.9. The Bertz CT molecular complexity index is 878. The summed E-state index contributed by atoms with van der Waals surface area (Å²) in [5.74, 6) is 0.265. The van der Waals surface area contributed by atoms with Crippen molar-refractivity contribution in [2.24, 2.45) is 0 Å². The van der Waals surface area contributed by atoms with Crippen LogP contribution in [-0.2, 0) is 21.5 Å². The molecule has 0 radical (unpaired) electrons. The minimum Gasteiger partial charge on any atom is -0.484 e. The van der Waals surface area contributed by atoms with Gasteiger partial charge in [-0.2, -0.15) is 0 Å². The first-order valence-electron chi connectivity index (χ1n) is 11.3. The molecule has 1 N–H and O–H groups in total. The van der Waals surface area contributed by atoms with Crippen LogP contribution >= 0.6 is 0 Å². The van der Waals surface area contributed by atoms with E-state index in [1.807, 2.05) is 82.3 Å². The van der Waals surface area contributed by atoms with E-state index in [2.05, 4.69) is 26.1 Å². The number of ether oxygens (including phenoxy) is 1. The van der Waals surface area contributed by atoms with Crippen LogP contribution in [0.2, 0.25) is 0 Å². The smallest absolute Gasteiger partial charge is 0.261 e. The van der Waals surface area contributed by atoms with Crippen molar-refractivity contribution in [2.45, 2.75) is 78.4 Å². The van der Waals surface area contributed by atoms with Gasteiger partial charge in [0.2, 0.25) is 5.91 Å². The summed E-state index contributed by atoms with van der Waals surface area (Å²) in [6.07, 6.45) is 0.515. The van der Waals surface area contributed by atoms with Crippen molar-refractivity contribution in [1.29, 1.82) is 0 Å². The molecule has 0 saturated heterocycles. The molecule has 2 aromatic carbocycles. The van der Waals surface area contributed by atoms with Crippen molar-refractivity contribution < 1.29 is 14.3 Å². The topological polar surface area (TPSA) is 58.6 Å². The Morgan fingerprint density at radius 2 is 1.53 bits per heavy atom. The zero-order valence-electron chi connectivity index (χ0n) is 20.6. The van der Waals surface area contributed by atoms with Crippen LogP contribution in [0.3, 0.4) is 0 Å². The van der Waals surface area contributed by atoms with E-state index >= 15 is 0 Å². The maximum Gasteiger partial charge on any atom is 0.261 e. The molecule has 0 aromatic heterocycles. The van der Waals surface area contributed by atoms with Crippen LogP contribution in [0.4, 0.5) is 0 Å². The summed E-state index contributed by atoms with van der Waals surface area (Å²) in [4.78, 5) is 27.8. The number of hydrogen-bond donors (Lipinski definition) is 1. The van der Waals surface area contributed by atoms with Crippen molar-refractivity contribution >= 4 is 11.8 Å². The van der Waals surface area contributed by atoms with E-state index in [9.17, 15) is 9.59 Å². The maximum atomic E-state index is 13.2. The monoisotopic (exact) mass is 438 g/mol. The lowest BCUT2D eigenvalue weighted by atomic mass is 9.87. The van der Waals surface area contributed by atoms with Crippen LogP contribution < -0.4 is 10.1 Å². The number of hydrogen-bond acceptors (Lipinski definition) is 3. The zero-order valence-corrected chi connectivity index (χ0v) is 20.6. The molecule has 174 valence electrons. The number of benzene rings is 2. The van der Waals surface area contributed by atoms with E-state index in [1.54, 1.807) is 4.90 Å². The number of carbonyl (C=O) groups is 2. The van der Waals surface area contributed by atoms with E-state index in [0.29, 0.717) is 18.7 Å². The Balaban J connectivity index is 2.18. The predicted molar refractivity (Wildman–Crippen MR) is 130 cm³/mol. The molecule has 0 aliphatic carbocycles. The van der Waals surface area contributed by atoms with Crippen LogP contribution in [0.25, 0.3) is 0 Å². The minimum atomic E-state index is -0.575. The molecule has 5 heteroatoms. The Morgan fingerprint density at radius 3 is 2.03 bits per heavy atom. The Kier molecular flexibility index (Phi) is 8.48. The molecule has 5 nitrogen and oxygen atoms in total. The predicted octanol–water partition coefficient (Wildman–Crippen LogP) is 5.09. The lowest BCUT2D eigenvalue weighted by Gasteiger charge is -2.33. The zero-order chi connectivity index (χ0) is 23.9. The average molecular weight is 439 g/mol. The molecule has 0 aliphatic heterocycles. The third kappa shape index (κ3) is 7.70. The van der Waals surface area contributed by atoms with E-state index in [-0.39, 0.29) is 29.4 Å². The highest BCUT2D eigenvalue weighted by molar-refractivity contribution is 5.88. The van der Waals surface area contributed by atoms with Gasteiger partial charge in [0.05, 0.1) is 0 Å². The fraction of sp³-hybridized carbons (Fsp3) is 0.481. The van der Waals surface area contributed by atoms with Crippen LogP contribution in [-0.4, -0.2) is 34.9 Å². The third-order valence-electron chi connectivity index (χ3n) is 5.16. The second-order valence-corrected chi connectivity index (χ2v) is 10.2. The number of rotatable bonds is 8. The fourth-order valence-corrected chi connectivity index (χ4v) is 3.43. The molecule has 0 bridgehead atoms. The molecular formula is C27H38N2O3. The molecule has 0 unspecified atom stereocenters. The van der Waals surface area contributed by atoms with Crippen molar-refractivity contribution in [3.8, 4) is 5.75 Å². The van der Waals surface area contributed by atoms with Crippen molar-refractivity contribution in [3.05, 3.63) is 65.7 Å². The van der Waals surface area contributed by atoms with Gasteiger partial charge in [-0.3, -0.25) is 9.59 Å². The molecule has 0 fully saturated rings. The molecule has 1 atom stereocenters. The van der Waals surface area contributed by atoms with Gasteiger partial charge in [-0.1, -0.05) is 70.2 Å². The Morgan fingerprint density at radius 1 is 0.938 bits per heavy atom. The van der Waals surface area contributed by atoms with Gasteiger partial charge >= 0.3 is 0 Å². The molecule has 0 heterocycles. The number of nitrogens with one attached hydrogen (secondary N) is 1. The van der Waals surface area contributed by atoms with Gasteiger partial charge in [-0.05, 0) is 55.9 Å². The molecule has 0 spiro atoms. The molecule has 0 saturated carbocycles. The third-order valence-corrected chi connectivity index (χ3v) is 5.16. The lowest BCUT2D eigenvalue weighted by Crippen LogP contribution is -2.54. The average Bonchev–Trinajstić information content (AvgIpc) is 2.71. The number of nitrogens with zero attached hydrogens (tertiary/aromatic N) is 1. The van der Waals surface area contributed by atoms with Gasteiger partial charge in [0.25, 0.3) is 5.91 Å². The van der Waals surface area contributed by atoms with Gasteiger partial charge in [0.1, 0.15) is 11.8 Å². The molecule has 2 aromatic rings. The quantitative estimate of drug-likeness (QED) is 0.625. The van der Waals surface area contributed by atoms with E-state index in [1.165, 1.54) is 5.56 Å². The van der Waals surface area contributed by atoms with Crippen LogP contribution in [0, 0.1) is 0 Å². The second-order valence-electron chi connectivity index (χ2n) is 10.2. The summed E-state index contributed by atoms with van der Waals surface area (Å²) < 4.78 is 5.81. The van der Waals surface area contributed by atoms with Crippen LogP contribution in [0.1, 0.15) is 66.0 Å². The summed E-state index contributed by atoms with van der Waals surface area (Å²) in [6, 6.07) is 17.0. The maximum absolute atomic E-state index is 13.2. The minimum absolute atomic E-state index is 0.0512. The first-order valence-corrected chi connectivity index (χ1v) is 11.3. The van der Waals surface area contributed by atoms with Gasteiger partial charge in [0, 0.05) is 12.1 Å². The van der Waals surface area contributed by atoms with Crippen LogP contribution in [0.15, 0.2) is 54.6 Å². The van der Waals surface area contributed by atoms with Gasteiger partial charge in [-0.15, -0.1) is 0 Å². The SMILES string of the molecule is CC[C@H](C(=O)NC(C)(C)C)N(Cc1ccccc1)C(=O)COc1ccc(C(C)(C)C)cc1. The number of carbonyl (C=O) groups excluding carboxylic acids is 2. The molecule has 32 heavy (non-hydrogen) atoms. The molecule has 2 rings (SSSR count). The highest BCUT2D eigenvalue weighted by atomic mass is 16.5. The Hall–Kier alpha value is -2.82. The van der Waals surface area contributed by atoms with Gasteiger partial charge < -0.3 is 15.0 Å². The fourth-order valence-electron chi connectivity index (χ4n) is 3.43. The second kappa shape index (κ2) is 10.7. The van der Waals surface area contributed by atoms with Crippen molar-refractivity contribution in [2.75, 3.05) is 6.61 Å². The van der Waals surface area contributed by atoms with Crippen LogP contribution in [0.5, 0.6) is 5.75 Å². The van der Waals surface area contributed by atoms with Gasteiger partial charge in [-0.25, -0.2) is 0 Å². The highest BCUT2D eigenvalue weighted by Crippen LogP contribution is 2.24. The molecule has 0 aliphatic rings. The summed E-state index contributed by atoms with van der Waals surface area (Å²) in [6.45, 7) is 14.4. The van der Waals surface area contributed by atoms with Crippen molar-refractivity contribution in [1.82, 2.24) is 10.2 Å². The largest absolute Gasteiger partial charge is 0.484 e. The van der Waals surface area contributed by atoms with E-state index < -0.39 is 6.04 Å². The van der Waals surface area contributed by atoms with Crippen molar-refractivity contribution in [3.63, 3.8) is 0 Å². The summed E-state index contributed by atoms with van der Waals surface area (Å²) in [5.41, 5.74) is 1.84. The van der Waals surface area contributed by atoms with Gasteiger partial charge in [0.15, 0.2) is 6.61 Å². The number of amides is 2. The summed E-state index contributed by atoms with van der Waals surface area (Å²) in [5, 5.41) is 3.01. The Labute approximate surface area is 193 Å². The van der Waals surface area contributed by atoms with E-state index in [4.69, 9.17) is 4.74 Å². The highest BCUT2D eigenvalue weighted by Gasteiger charge is 2.30. The molecule has 2 amide bonds. The normalized spacial score (nSPS) is 12.7. The molecular weight excluding hydrogens is 400 g/mol.